The Morgan fingerprint density at radius 2 is 1.90 bits per heavy atom. The van der Waals surface area contributed by atoms with E-state index in [2.05, 4.69) is 4.99 Å². The lowest BCUT2D eigenvalue weighted by molar-refractivity contribution is -0.117. The molecule has 1 aromatic carbocycles. The molecule has 0 unspecified atom stereocenters. The SMILES string of the molecule is CC(=O)NS(=O)(=O)c1ccc(N=Cc2sccc2C)cc1. The topological polar surface area (TPSA) is 75.6 Å². The zero-order valence-electron chi connectivity index (χ0n) is 11.5. The second-order valence-corrected chi connectivity index (χ2v) is 7.01. The maximum atomic E-state index is 11.8. The minimum Gasteiger partial charge on any atom is -0.274 e. The van der Waals surface area contributed by atoms with E-state index in [-0.39, 0.29) is 4.90 Å². The van der Waals surface area contributed by atoms with Crippen LogP contribution in [0.15, 0.2) is 45.6 Å². The van der Waals surface area contributed by atoms with E-state index in [0.717, 1.165) is 17.4 Å². The van der Waals surface area contributed by atoms with E-state index in [4.69, 9.17) is 0 Å². The number of hydrogen-bond acceptors (Lipinski definition) is 5. The summed E-state index contributed by atoms with van der Waals surface area (Å²) >= 11 is 1.59. The van der Waals surface area contributed by atoms with Gasteiger partial charge in [-0.1, -0.05) is 0 Å². The van der Waals surface area contributed by atoms with Crippen LogP contribution in [0.2, 0.25) is 0 Å². The van der Waals surface area contributed by atoms with Gasteiger partial charge in [0.2, 0.25) is 5.91 Å². The van der Waals surface area contributed by atoms with Crippen molar-refractivity contribution in [1.29, 1.82) is 0 Å². The molecule has 0 bridgehead atoms. The lowest BCUT2D eigenvalue weighted by Crippen LogP contribution is -2.28. The fourth-order valence-corrected chi connectivity index (χ4v) is 3.39. The van der Waals surface area contributed by atoms with Crippen LogP contribution in [0.1, 0.15) is 17.4 Å². The molecule has 110 valence electrons. The number of hydrogen-bond donors (Lipinski definition) is 1. The first-order chi connectivity index (χ1) is 9.88. The first-order valence-corrected chi connectivity index (χ1v) is 8.46. The van der Waals surface area contributed by atoms with Crippen molar-refractivity contribution in [1.82, 2.24) is 4.72 Å². The Morgan fingerprint density at radius 3 is 2.43 bits per heavy atom. The summed E-state index contributed by atoms with van der Waals surface area (Å²) in [6, 6.07) is 8.02. The van der Waals surface area contributed by atoms with Crippen molar-refractivity contribution < 1.29 is 13.2 Å². The predicted octanol–water partition coefficient (Wildman–Crippen LogP) is 2.63. The van der Waals surface area contributed by atoms with E-state index in [0.29, 0.717) is 5.69 Å². The molecule has 0 saturated carbocycles. The third kappa shape index (κ3) is 3.99. The molecule has 0 radical (unpaired) electrons. The van der Waals surface area contributed by atoms with Crippen LogP contribution < -0.4 is 4.72 Å². The van der Waals surface area contributed by atoms with Gasteiger partial charge in [-0.25, -0.2) is 13.1 Å². The number of nitrogens with one attached hydrogen (secondary N) is 1. The van der Waals surface area contributed by atoms with Crippen molar-refractivity contribution in [3.05, 3.63) is 46.2 Å². The van der Waals surface area contributed by atoms with Gasteiger partial charge in [0.05, 0.1) is 10.6 Å². The summed E-state index contributed by atoms with van der Waals surface area (Å²) in [4.78, 5) is 16.2. The maximum Gasteiger partial charge on any atom is 0.264 e. The van der Waals surface area contributed by atoms with E-state index < -0.39 is 15.9 Å². The van der Waals surface area contributed by atoms with Crippen LogP contribution in [-0.2, 0) is 14.8 Å². The number of aryl methyl sites for hydroxylation is 1. The minimum atomic E-state index is -3.79. The standard InChI is InChI=1S/C14H14N2O3S2/c1-10-7-8-20-14(10)9-15-12-3-5-13(6-4-12)21(18,19)16-11(2)17/h3-9H,1-2H3,(H,16,17). The number of sulfonamides is 1. The van der Waals surface area contributed by atoms with E-state index in [1.54, 1.807) is 29.7 Å². The van der Waals surface area contributed by atoms with Gasteiger partial charge in [0.15, 0.2) is 0 Å². The molecular formula is C14H14N2O3S2. The molecule has 0 spiro atoms. The third-order valence-corrected chi connectivity index (χ3v) is 5.06. The number of benzene rings is 1. The normalized spacial score (nSPS) is 11.7. The molecule has 2 rings (SSSR count). The van der Waals surface area contributed by atoms with Gasteiger partial charge in [-0.15, -0.1) is 11.3 Å². The molecule has 1 amide bonds. The molecule has 2 aromatic rings. The Labute approximate surface area is 127 Å². The molecule has 0 aliphatic carbocycles. The highest BCUT2D eigenvalue weighted by Gasteiger charge is 2.14. The fourth-order valence-electron chi connectivity index (χ4n) is 1.61. The third-order valence-electron chi connectivity index (χ3n) is 2.66. The maximum absolute atomic E-state index is 11.8. The average Bonchev–Trinajstić information content (AvgIpc) is 2.81. The van der Waals surface area contributed by atoms with Gasteiger partial charge >= 0.3 is 0 Å². The van der Waals surface area contributed by atoms with E-state index in [1.807, 2.05) is 23.1 Å². The first-order valence-electron chi connectivity index (χ1n) is 6.10. The minimum absolute atomic E-state index is 0.0314. The lowest BCUT2D eigenvalue weighted by atomic mass is 10.3. The average molecular weight is 322 g/mol. The number of rotatable bonds is 4. The number of carbonyl (C=O) groups is 1. The van der Waals surface area contributed by atoms with Crippen molar-refractivity contribution in [3.63, 3.8) is 0 Å². The molecule has 1 heterocycles. The fraction of sp³-hybridized carbons (Fsp3) is 0.143. The Bertz CT molecular complexity index is 775. The molecule has 0 saturated heterocycles. The highest BCUT2D eigenvalue weighted by molar-refractivity contribution is 7.90. The molecule has 1 aromatic heterocycles. The predicted molar refractivity (Wildman–Crippen MR) is 83.8 cm³/mol. The lowest BCUT2D eigenvalue weighted by Gasteiger charge is -2.04. The van der Waals surface area contributed by atoms with Crippen molar-refractivity contribution in [2.24, 2.45) is 4.99 Å². The van der Waals surface area contributed by atoms with Crippen LogP contribution in [0, 0.1) is 6.92 Å². The van der Waals surface area contributed by atoms with Gasteiger partial charge < -0.3 is 0 Å². The highest BCUT2D eigenvalue weighted by Crippen LogP contribution is 2.18. The van der Waals surface area contributed by atoms with Gasteiger partial charge in [0.25, 0.3) is 10.0 Å². The van der Waals surface area contributed by atoms with Crippen molar-refractivity contribution in [2.75, 3.05) is 0 Å². The van der Waals surface area contributed by atoms with Crippen molar-refractivity contribution in [2.45, 2.75) is 18.7 Å². The molecule has 1 N–H and O–H groups in total. The summed E-state index contributed by atoms with van der Waals surface area (Å²) in [7, 11) is -3.79. The Balaban J connectivity index is 2.18. The Hall–Kier alpha value is -1.99. The van der Waals surface area contributed by atoms with Crippen LogP contribution in [-0.4, -0.2) is 20.5 Å². The Morgan fingerprint density at radius 1 is 1.24 bits per heavy atom. The summed E-state index contributed by atoms with van der Waals surface area (Å²) in [5.74, 6) is -0.620. The van der Waals surface area contributed by atoms with Gasteiger partial charge in [-0.3, -0.25) is 9.79 Å². The van der Waals surface area contributed by atoms with E-state index in [1.165, 1.54) is 12.1 Å². The number of carbonyl (C=O) groups excluding carboxylic acids is 1. The van der Waals surface area contributed by atoms with Gasteiger partial charge in [-0.05, 0) is 48.2 Å². The van der Waals surface area contributed by atoms with Crippen LogP contribution in [0.25, 0.3) is 0 Å². The van der Waals surface area contributed by atoms with Crippen LogP contribution >= 0.6 is 11.3 Å². The van der Waals surface area contributed by atoms with Gasteiger partial charge in [-0.2, -0.15) is 0 Å². The Kier molecular flexibility index (Phi) is 4.54. The summed E-state index contributed by atoms with van der Waals surface area (Å²) in [5.41, 5.74) is 1.79. The van der Waals surface area contributed by atoms with E-state index >= 15 is 0 Å². The molecule has 0 aliphatic rings. The number of nitrogens with zero attached hydrogens (tertiary/aromatic N) is 1. The van der Waals surface area contributed by atoms with E-state index in [9.17, 15) is 13.2 Å². The molecule has 5 nitrogen and oxygen atoms in total. The molecular weight excluding hydrogens is 308 g/mol. The highest BCUT2D eigenvalue weighted by atomic mass is 32.2. The second-order valence-electron chi connectivity index (χ2n) is 4.38. The smallest absolute Gasteiger partial charge is 0.264 e. The second kappa shape index (κ2) is 6.19. The largest absolute Gasteiger partial charge is 0.274 e. The first kappa shape index (κ1) is 15.4. The zero-order chi connectivity index (χ0) is 15.5. The number of aliphatic imine (C=N–C) groups is 1. The molecule has 0 fully saturated rings. The monoisotopic (exact) mass is 322 g/mol. The number of thiophene rings is 1. The summed E-state index contributed by atoms with van der Waals surface area (Å²) in [6.07, 6.45) is 1.75. The van der Waals surface area contributed by atoms with Crippen molar-refractivity contribution >= 4 is 39.2 Å². The van der Waals surface area contributed by atoms with Crippen molar-refractivity contribution in [3.8, 4) is 0 Å². The molecule has 0 atom stereocenters. The van der Waals surface area contributed by atoms with Crippen LogP contribution in [0.3, 0.4) is 0 Å². The van der Waals surface area contributed by atoms with Gasteiger partial charge in [0, 0.05) is 18.0 Å². The summed E-state index contributed by atoms with van der Waals surface area (Å²) in [5, 5.41) is 1.99. The van der Waals surface area contributed by atoms with Crippen LogP contribution in [0.5, 0.6) is 0 Å². The zero-order valence-corrected chi connectivity index (χ0v) is 13.2. The quantitative estimate of drug-likeness (QED) is 0.879. The molecule has 7 heteroatoms. The molecule has 21 heavy (non-hydrogen) atoms. The number of amides is 1. The van der Waals surface area contributed by atoms with Crippen LogP contribution in [0.4, 0.5) is 5.69 Å². The summed E-state index contributed by atoms with van der Waals surface area (Å²) < 4.78 is 25.5. The van der Waals surface area contributed by atoms with Gasteiger partial charge in [0.1, 0.15) is 0 Å². The molecule has 0 aliphatic heterocycles. The summed E-state index contributed by atoms with van der Waals surface area (Å²) in [6.45, 7) is 3.15.